The average molecular weight is 394 g/mol. The number of amides is 3. The fourth-order valence-corrected chi connectivity index (χ4v) is 3.70. The molecule has 1 saturated heterocycles. The van der Waals surface area contributed by atoms with E-state index < -0.39 is 10.0 Å². The molecule has 0 radical (unpaired) electrons. The molecule has 4 N–H and O–H groups in total. The van der Waals surface area contributed by atoms with E-state index in [0.717, 1.165) is 31.2 Å². The Labute approximate surface area is 159 Å². The Morgan fingerprint density at radius 2 is 1.85 bits per heavy atom. The Morgan fingerprint density at radius 3 is 2.48 bits per heavy atom. The molecule has 1 aliphatic heterocycles. The van der Waals surface area contributed by atoms with E-state index in [2.05, 4.69) is 10.6 Å². The number of benzene rings is 1. The molecule has 0 bridgehead atoms. The van der Waals surface area contributed by atoms with Crippen LogP contribution in [-0.4, -0.2) is 50.9 Å². The van der Waals surface area contributed by atoms with Gasteiger partial charge in [-0.25, -0.2) is 18.4 Å². The third kappa shape index (κ3) is 5.67. The maximum Gasteiger partial charge on any atom is 0.317 e. The van der Waals surface area contributed by atoms with Gasteiger partial charge in [-0.3, -0.25) is 4.79 Å². The lowest BCUT2D eigenvalue weighted by atomic mass is 9.97. The van der Waals surface area contributed by atoms with Crippen LogP contribution in [0.15, 0.2) is 29.2 Å². The minimum absolute atomic E-state index is 0.0416. The molecule has 1 aliphatic carbocycles. The van der Waals surface area contributed by atoms with Crippen LogP contribution in [0.25, 0.3) is 0 Å². The van der Waals surface area contributed by atoms with Crippen molar-refractivity contribution in [3.05, 3.63) is 29.8 Å². The first-order chi connectivity index (χ1) is 12.8. The number of hydrogen-bond donors (Lipinski definition) is 3. The van der Waals surface area contributed by atoms with Gasteiger partial charge >= 0.3 is 6.03 Å². The molecule has 3 amide bonds. The van der Waals surface area contributed by atoms with Crippen LogP contribution in [0.1, 0.15) is 31.2 Å². The lowest BCUT2D eigenvalue weighted by Crippen LogP contribution is -2.49. The van der Waals surface area contributed by atoms with Gasteiger partial charge in [0.15, 0.2) is 0 Å². The number of nitrogens with one attached hydrogen (secondary N) is 2. The monoisotopic (exact) mass is 394 g/mol. The van der Waals surface area contributed by atoms with Gasteiger partial charge < -0.3 is 15.5 Å². The molecule has 1 aromatic carbocycles. The largest absolute Gasteiger partial charge is 0.355 e. The van der Waals surface area contributed by atoms with E-state index in [1.807, 2.05) is 0 Å². The SMILES string of the molecule is NS(=O)(=O)c1ccc(CCNC(=O)[C@@H]2CCCN(C(=O)NC3CC3)C2)cc1. The Balaban J connectivity index is 1.43. The van der Waals surface area contributed by atoms with Crippen molar-refractivity contribution in [1.29, 1.82) is 0 Å². The standard InChI is InChI=1S/C18H26N4O4S/c19-27(25,26)16-7-3-13(4-8-16)9-10-20-17(23)14-2-1-11-22(12-14)18(24)21-15-5-6-15/h3-4,7-8,14-15H,1-2,5-6,9-12H2,(H,20,23)(H,21,24)(H2,19,25,26)/t14-/m1/s1. The van der Waals surface area contributed by atoms with Crippen molar-refractivity contribution in [3.8, 4) is 0 Å². The van der Waals surface area contributed by atoms with E-state index in [1.165, 1.54) is 12.1 Å². The van der Waals surface area contributed by atoms with Crippen molar-refractivity contribution in [3.63, 3.8) is 0 Å². The minimum Gasteiger partial charge on any atom is -0.355 e. The maximum absolute atomic E-state index is 12.4. The number of carbonyl (C=O) groups excluding carboxylic acids is 2. The second-order valence-electron chi connectivity index (χ2n) is 7.24. The van der Waals surface area contributed by atoms with E-state index in [9.17, 15) is 18.0 Å². The van der Waals surface area contributed by atoms with E-state index in [4.69, 9.17) is 5.14 Å². The summed E-state index contributed by atoms with van der Waals surface area (Å²) in [7, 11) is -3.69. The lowest BCUT2D eigenvalue weighted by Gasteiger charge is -2.32. The number of nitrogens with two attached hydrogens (primary N) is 1. The number of urea groups is 1. The van der Waals surface area contributed by atoms with Crippen molar-refractivity contribution in [2.45, 2.75) is 43.0 Å². The highest BCUT2D eigenvalue weighted by atomic mass is 32.2. The normalized spacial score (nSPS) is 20.2. The fraction of sp³-hybridized carbons (Fsp3) is 0.556. The molecule has 3 rings (SSSR count). The minimum atomic E-state index is -3.69. The summed E-state index contributed by atoms with van der Waals surface area (Å²) in [5, 5.41) is 11.0. The highest BCUT2D eigenvalue weighted by Crippen LogP contribution is 2.21. The quantitative estimate of drug-likeness (QED) is 0.653. The number of likely N-dealkylation sites (tertiary alicyclic amines) is 1. The summed E-state index contributed by atoms with van der Waals surface area (Å²) >= 11 is 0. The fourth-order valence-electron chi connectivity index (χ4n) is 3.19. The van der Waals surface area contributed by atoms with E-state index in [1.54, 1.807) is 17.0 Å². The first kappa shape index (κ1) is 19.6. The van der Waals surface area contributed by atoms with E-state index >= 15 is 0 Å². The summed E-state index contributed by atoms with van der Waals surface area (Å²) in [4.78, 5) is 26.4. The summed E-state index contributed by atoms with van der Waals surface area (Å²) in [6.07, 6.45) is 4.28. The van der Waals surface area contributed by atoms with Crippen molar-refractivity contribution < 1.29 is 18.0 Å². The van der Waals surface area contributed by atoms with Crippen LogP contribution in [0.3, 0.4) is 0 Å². The molecule has 1 heterocycles. The first-order valence-corrected chi connectivity index (χ1v) is 10.8. The number of primary sulfonamides is 1. The Hall–Kier alpha value is -2.13. The predicted octanol–water partition coefficient (Wildman–Crippen LogP) is 0.577. The third-order valence-corrected chi connectivity index (χ3v) is 5.88. The molecule has 9 heteroatoms. The topological polar surface area (TPSA) is 122 Å². The molecule has 0 aromatic heterocycles. The van der Waals surface area contributed by atoms with Gasteiger partial charge in [-0.05, 0) is 49.8 Å². The summed E-state index contributed by atoms with van der Waals surface area (Å²) in [6.45, 7) is 1.60. The summed E-state index contributed by atoms with van der Waals surface area (Å²) in [5.41, 5.74) is 0.914. The molecule has 27 heavy (non-hydrogen) atoms. The lowest BCUT2D eigenvalue weighted by molar-refractivity contribution is -0.126. The van der Waals surface area contributed by atoms with Crippen molar-refractivity contribution in [2.24, 2.45) is 11.1 Å². The number of sulfonamides is 1. The average Bonchev–Trinajstić information content (AvgIpc) is 3.45. The van der Waals surface area contributed by atoms with Crippen LogP contribution < -0.4 is 15.8 Å². The van der Waals surface area contributed by atoms with Crippen LogP contribution in [0, 0.1) is 5.92 Å². The van der Waals surface area contributed by atoms with Gasteiger partial charge in [0.1, 0.15) is 0 Å². The Morgan fingerprint density at radius 1 is 1.15 bits per heavy atom. The summed E-state index contributed by atoms with van der Waals surface area (Å²) in [5.74, 6) is -0.228. The molecule has 1 atom stereocenters. The molecule has 8 nitrogen and oxygen atoms in total. The van der Waals surface area contributed by atoms with Gasteiger partial charge in [0.2, 0.25) is 15.9 Å². The van der Waals surface area contributed by atoms with E-state index in [-0.39, 0.29) is 22.8 Å². The maximum atomic E-state index is 12.4. The number of carbonyl (C=O) groups is 2. The van der Waals surface area contributed by atoms with Crippen LogP contribution in [0.5, 0.6) is 0 Å². The molecular weight excluding hydrogens is 368 g/mol. The van der Waals surface area contributed by atoms with Gasteiger partial charge in [-0.1, -0.05) is 12.1 Å². The van der Waals surface area contributed by atoms with Gasteiger partial charge in [-0.15, -0.1) is 0 Å². The zero-order chi connectivity index (χ0) is 19.4. The number of hydrogen-bond acceptors (Lipinski definition) is 4. The molecule has 0 unspecified atom stereocenters. The smallest absolute Gasteiger partial charge is 0.317 e. The molecule has 148 valence electrons. The van der Waals surface area contributed by atoms with Gasteiger partial charge in [0.25, 0.3) is 0 Å². The Kier molecular flexibility index (Phi) is 6.01. The number of piperidine rings is 1. The van der Waals surface area contributed by atoms with Crippen LogP contribution in [-0.2, 0) is 21.2 Å². The van der Waals surface area contributed by atoms with Crippen molar-refractivity contribution in [2.75, 3.05) is 19.6 Å². The zero-order valence-electron chi connectivity index (χ0n) is 15.2. The van der Waals surface area contributed by atoms with Gasteiger partial charge in [0.05, 0.1) is 10.8 Å². The molecule has 2 aliphatic rings. The molecule has 0 spiro atoms. The van der Waals surface area contributed by atoms with Crippen LogP contribution in [0.4, 0.5) is 4.79 Å². The third-order valence-electron chi connectivity index (χ3n) is 4.95. The van der Waals surface area contributed by atoms with Crippen molar-refractivity contribution in [1.82, 2.24) is 15.5 Å². The number of nitrogens with zero attached hydrogens (tertiary/aromatic N) is 1. The second kappa shape index (κ2) is 8.26. The summed E-state index contributed by atoms with van der Waals surface area (Å²) in [6, 6.07) is 6.55. The zero-order valence-corrected chi connectivity index (χ0v) is 16.0. The first-order valence-electron chi connectivity index (χ1n) is 9.28. The molecule has 1 aromatic rings. The number of rotatable bonds is 6. The van der Waals surface area contributed by atoms with Crippen molar-refractivity contribution >= 4 is 22.0 Å². The highest BCUT2D eigenvalue weighted by Gasteiger charge is 2.31. The second-order valence-corrected chi connectivity index (χ2v) is 8.80. The molecular formula is C18H26N4O4S. The Bertz CT molecular complexity index is 790. The molecule has 1 saturated carbocycles. The van der Waals surface area contributed by atoms with E-state index in [0.29, 0.717) is 32.1 Å². The predicted molar refractivity (Wildman–Crippen MR) is 100 cm³/mol. The van der Waals surface area contributed by atoms with Gasteiger partial charge in [0, 0.05) is 25.7 Å². The van der Waals surface area contributed by atoms with Crippen LogP contribution in [0.2, 0.25) is 0 Å². The van der Waals surface area contributed by atoms with Crippen LogP contribution >= 0.6 is 0 Å². The summed E-state index contributed by atoms with van der Waals surface area (Å²) < 4.78 is 22.5. The highest BCUT2D eigenvalue weighted by molar-refractivity contribution is 7.89. The van der Waals surface area contributed by atoms with Gasteiger partial charge in [-0.2, -0.15) is 0 Å². The molecule has 2 fully saturated rings.